The Kier molecular flexibility index (Phi) is 5.04. The standard InChI is InChI=1S/C14H20O3/c1-5-10(2)9-17-13-7-6-12(11(3)15)8-14(13)16-4/h6-8,11,15H,2,5,9H2,1,3-4H3/t11-/m0/s1. The first kappa shape index (κ1) is 13.6. The van der Waals surface area contributed by atoms with Crippen LogP contribution in [0.5, 0.6) is 11.5 Å². The number of aliphatic hydroxyl groups excluding tert-OH is 1. The maximum absolute atomic E-state index is 9.48. The molecule has 0 aromatic heterocycles. The molecule has 0 saturated heterocycles. The molecular weight excluding hydrogens is 216 g/mol. The Balaban J connectivity index is 2.81. The summed E-state index contributed by atoms with van der Waals surface area (Å²) >= 11 is 0. The van der Waals surface area contributed by atoms with E-state index in [1.807, 2.05) is 19.1 Å². The molecular formula is C14H20O3. The lowest BCUT2D eigenvalue weighted by Gasteiger charge is -2.13. The highest BCUT2D eigenvalue weighted by Gasteiger charge is 2.08. The molecule has 0 aliphatic heterocycles. The molecule has 0 fully saturated rings. The van der Waals surface area contributed by atoms with E-state index in [-0.39, 0.29) is 0 Å². The highest BCUT2D eigenvalue weighted by Crippen LogP contribution is 2.30. The average Bonchev–Trinajstić information content (AvgIpc) is 2.35. The van der Waals surface area contributed by atoms with Gasteiger partial charge in [0.2, 0.25) is 0 Å². The van der Waals surface area contributed by atoms with Crippen LogP contribution in [-0.2, 0) is 0 Å². The molecule has 1 atom stereocenters. The van der Waals surface area contributed by atoms with Gasteiger partial charge in [-0.05, 0) is 36.6 Å². The Hall–Kier alpha value is -1.48. The molecule has 1 aromatic carbocycles. The van der Waals surface area contributed by atoms with Gasteiger partial charge in [0.05, 0.1) is 13.2 Å². The van der Waals surface area contributed by atoms with Crippen LogP contribution >= 0.6 is 0 Å². The van der Waals surface area contributed by atoms with Crippen molar-refractivity contribution in [2.24, 2.45) is 0 Å². The molecule has 1 aromatic rings. The van der Waals surface area contributed by atoms with E-state index in [0.717, 1.165) is 17.6 Å². The number of rotatable bonds is 6. The minimum Gasteiger partial charge on any atom is -0.493 e. The summed E-state index contributed by atoms with van der Waals surface area (Å²) in [6.45, 7) is 8.13. The van der Waals surface area contributed by atoms with Crippen molar-refractivity contribution < 1.29 is 14.6 Å². The highest BCUT2D eigenvalue weighted by molar-refractivity contribution is 5.43. The van der Waals surface area contributed by atoms with Gasteiger partial charge in [0.15, 0.2) is 11.5 Å². The lowest BCUT2D eigenvalue weighted by Crippen LogP contribution is -2.02. The molecule has 0 bridgehead atoms. The molecule has 0 aliphatic carbocycles. The van der Waals surface area contributed by atoms with Gasteiger partial charge in [-0.15, -0.1) is 0 Å². The van der Waals surface area contributed by atoms with Crippen LogP contribution in [0.2, 0.25) is 0 Å². The number of ether oxygens (including phenoxy) is 2. The maximum atomic E-state index is 9.48. The fourth-order valence-electron chi connectivity index (χ4n) is 1.35. The van der Waals surface area contributed by atoms with Gasteiger partial charge in [-0.1, -0.05) is 19.6 Å². The van der Waals surface area contributed by atoms with Crippen LogP contribution in [-0.4, -0.2) is 18.8 Å². The van der Waals surface area contributed by atoms with Crippen molar-refractivity contribution in [1.82, 2.24) is 0 Å². The second kappa shape index (κ2) is 6.30. The minimum absolute atomic E-state index is 0.487. The fourth-order valence-corrected chi connectivity index (χ4v) is 1.35. The number of hydrogen-bond donors (Lipinski definition) is 1. The smallest absolute Gasteiger partial charge is 0.161 e. The fraction of sp³-hybridized carbons (Fsp3) is 0.429. The van der Waals surface area contributed by atoms with Gasteiger partial charge in [0, 0.05) is 0 Å². The average molecular weight is 236 g/mol. The molecule has 0 saturated carbocycles. The van der Waals surface area contributed by atoms with Crippen LogP contribution in [0.1, 0.15) is 31.9 Å². The lowest BCUT2D eigenvalue weighted by molar-refractivity contribution is 0.198. The first-order valence-corrected chi connectivity index (χ1v) is 5.74. The largest absolute Gasteiger partial charge is 0.493 e. The number of benzene rings is 1. The van der Waals surface area contributed by atoms with E-state index in [9.17, 15) is 5.11 Å². The van der Waals surface area contributed by atoms with Crippen LogP contribution in [0.3, 0.4) is 0 Å². The van der Waals surface area contributed by atoms with Gasteiger partial charge in [-0.3, -0.25) is 0 Å². The molecule has 0 spiro atoms. The Bertz CT molecular complexity index is 383. The van der Waals surface area contributed by atoms with E-state index in [0.29, 0.717) is 18.1 Å². The molecule has 94 valence electrons. The topological polar surface area (TPSA) is 38.7 Å². The van der Waals surface area contributed by atoms with Gasteiger partial charge < -0.3 is 14.6 Å². The molecule has 0 heterocycles. The van der Waals surface area contributed by atoms with E-state index in [4.69, 9.17) is 9.47 Å². The quantitative estimate of drug-likeness (QED) is 0.771. The molecule has 1 N–H and O–H groups in total. The summed E-state index contributed by atoms with van der Waals surface area (Å²) in [6.07, 6.45) is 0.386. The zero-order valence-corrected chi connectivity index (χ0v) is 10.7. The second-order valence-electron chi connectivity index (χ2n) is 3.98. The zero-order valence-electron chi connectivity index (χ0n) is 10.7. The summed E-state index contributed by atoms with van der Waals surface area (Å²) in [7, 11) is 1.59. The number of aliphatic hydroxyl groups is 1. The van der Waals surface area contributed by atoms with Gasteiger partial charge in [-0.25, -0.2) is 0 Å². The summed E-state index contributed by atoms with van der Waals surface area (Å²) in [5.41, 5.74) is 1.84. The van der Waals surface area contributed by atoms with E-state index >= 15 is 0 Å². The molecule has 17 heavy (non-hydrogen) atoms. The molecule has 3 heteroatoms. The monoisotopic (exact) mass is 236 g/mol. The lowest BCUT2D eigenvalue weighted by atomic mass is 10.1. The molecule has 0 amide bonds. The van der Waals surface area contributed by atoms with Gasteiger partial charge >= 0.3 is 0 Å². The van der Waals surface area contributed by atoms with E-state index in [1.54, 1.807) is 20.1 Å². The minimum atomic E-state index is -0.511. The number of hydrogen-bond acceptors (Lipinski definition) is 3. The van der Waals surface area contributed by atoms with Gasteiger partial charge in [-0.2, -0.15) is 0 Å². The van der Waals surface area contributed by atoms with Crippen molar-refractivity contribution in [1.29, 1.82) is 0 Å². The third-order valence-electron chi connectivity index (χ3n) is 2.60. The van der Waals surface area contributed by atoms with Crippen LogP contribution in [0.15, 0.2) is 30.4 Å². The molecule has 3 nitrogen and oxygen atoms in total. The predicted octanol–water partition coefficient (Wildman–Crippen LogP) is 3.09. The van der Waals surface area contributed by atoms with Gasteiger partial charge in [0.1, 0.15) is 6.61 Å². The van der Waals surface area contributed by atoms with Gasteiger partial charge in [0.25, 0.3) is 0 Å². The molecule has 1 rings (SSSR count). The normalized spacial score (nSPS) is 12.0. The first-order valence-electron chi connectivity index (χ1n) is 5.74. The second-order valence-corrected chi connectivity index (χ2v) is 3.98. The molecule has 0 radical (unpaired) electrons. The highest BCUT2D eigenvalue weighted by atomic mass is 16.5. The third-order valence-corrected chi connectivity index (χ3v) is 2.60. The molecule has 0 unspecified atom stereocenters. The van der Waals surface area contributed by atoms with E-state index < -0.39 is 6.10 Å². The first-order chi connectivity index (χ1) is 8.08. The summed E-state index contributed by atoms with van der Waals surface area (Å²) in [4.78, 5) is 0. The van der Waals surface area contributed by atoms with Crippen LogP contribution < -0.4 is 9.47 Å². The maximum Gasteiger partial charge on any atom is 0.161 e. The van der Waals surface area contributed by atoms with Crippen LogP contribution in [0.25, 0.3) is 0 Å². The summed E-state index contributed by atoms with van der Waals surface area (Å²) in [5.74, 6) is 1.30. The number of methoxy groups -OCH3 is 1. The Morgan fingerprint density at radius 2 is 2.12 bits per heavy atom. The SMILES string of the molecule is C=C(CC)COc1ccc([C@H](C)O)cc1OC. The van der Waals surface area contributed by atoms with Crippen molar-refractivity contribution in [2.75, 3.05) is 13.7 Å². The summed E-state index contributed by atoms with van der Waals surface area (Å²) in [5, 5.41) is 9.48. The van der Waals surface area contributed by atoms with Crippen molar-refractivity contribution in [3.63, 3.8) is 0 Å². The van der Waals surface area contributed by atoms with Crippen LogP contribution in [0, 0.1) is 0 Å². The summed E-state index contributed by atoms with van der Waals surface area (Å²) < 4.78 is 10.8. The Morgan fingerprint density at radius 3 is 2.65 bits per heavy atom. The van der Waals surface area contributed by atoms with E-state index in [1.165, 1.54) is 0 Å². The zero-order chi connectivity index (χ0) is 12.8. The van der Waals surface area contributed by atoms with Crippen molar-refractivity contribution in [2.45, 2.75) is 26.4 Å². The van der Waals surface area contributed by atoms with E-state index in [2.05, 4.69) is 6.58 Å². The van der Waals surface area contributed by atoms with Crippen molar-refractivity contribution in [3.05, 3.63) is 35.9 Å². The Morgan fingerprint density at radius 1 is 1.41 bits per heavy atom. The molecule has 0 aliphatic rings. The predicted molar refractivity (Wildman–Crippen MR) is 68.6 cm³/mol. The summed E-state index contributed by atoms with van der Waals surface area (Å²) in [6, 6.07) is 5.43. The van der Waals surface area contributed by atoms with Crippen molar-refractivity contribution in [3.8, 4) is 11.5 Å². The van der Waals surface area contributed by atoms with Crippen molar-refractivity contribution >= 4 is 0 Å². The van der Waals surface area contributed by atoms with Crippen LogP contribution in [0.4, 0.5) is 0 Å². The third kappa shape index (κ3) is 3.79. The Labute approximate surface area is 103 Å².